The summed E-state index contributed by atoms with van der Waals surface area (Å²) < 4.78 is 0. The largest absolute Gasteiger partial charge is 0.398 e. The van der Waals surface area contributed by atoms with Crippen LogP contribution in [0.3, 0.4) is 0 Å². The Morgan fingerprint density at radius 2 is 2.15 bits per heavy atom. The molecule has 4 heteroatoms. The second kappa shape index (κ2) is 4.50. The molecule has 1 aromatic carbocycles. The molecule has 0 saturated heterocycles. The molecular formula is C9H14N2OS. The maximum absolute atomic E-state index is 9.29. The maximum Gasteiger partial charge on any atom is 0.0702 e. The third kappa shape index (κ3) is 2.91. The highest BCUT2D eigenvalue weighted by Crippen LogP contribution is 2.18. The summed E-state index contributed by atoms with van der Waals surface area (Å²) in [4.78, 5) is 0.738. The molecule has 1 aromatic rings. The van der Waals surface area contributed by atoms with Gasteiger partial charge in [-0.2, -0.15) is 0 Å². The van der Waals surface area contributed by atoms with Gasteiger partial charge in [0, 0.05) is 17.1 Å². The first-order valence-corrected chi connectivity index (χ1v) is 4.53. The van der Waals surface area contributed by atoms with Crippen molar-refractivity contribution < 1.29 is 5.11 Å². The smallest absolute Gasteiger partial charge is 0.0702 e. The maximum atomic E-state index is 9.29. The average Bonchev–Trinajstić information content (AvgIpc) is 2.11. The van der Waals surface area contributed by atoms with E-state index in [9.17, 15) is 5.11 Å². The van der Waals surface area contributed by atoms with Crippen molar-refractivity contribution >= 4 is 18.3 Å². The van der Waals surface area contributed by atoms with Crippen molar-refractivity contribution in [1.29, 1.82) is 0 Å². The Hall–Kier alpha value is -0.710. The summed E-state index contributed by atoms with van der Waals surface area (Å²) in [7, 11) is 0. The fourth-order valence-electron chi connectivity index (χ4n) is 1.07. The predicted octanol–water partition coefficient (Wildman–Crippen LogP) is 0.420. The topological polar surface area (TPSA) is 72.3 Å². The van der Waals surface area contributed by atoms with Gasteiger partial charge in [-0.1, -0.05) is 6.07 Å². The van der Waals surface area contributed by atoms with Gasteiger partial charge in [0.1, 0.15) is 0 Å². The highest BCUT2D eigenvalue weighted by Gasteiger charge is 2.03. The van der Waals surface area contributed by atoms with E-state index in [-0.39, 0.29) is 6.54 Å². The van der Waals surface area contributed by atoms with Crippen LogP contribution in [-0.2, 0) is 6.42 Å². The first kappa shape index (κ1) is 10.4. The van der Waals surface area contributed by atoms with Crippen molar-refractivity contribution in [2.75, 3.05) is 12.3 Å². The zero-order chi connectivity index (χ0) is 9.84. The van der Waals surface area contributed by atoms with E-state index in [4.69, 9.17) is 11.5 Å². The van der Waals surface area contributed by atoms with Gasteiger partial charge in [-0.25, -0.2) is 0 Å². The van der Waals surface area contributed by atoms with Gasteiger partial charge >= 0.3 is 0 Å². The number of benzene rings is 1. The molecule has 1 atom stereocenters. The third-order valence-corrected chi connectivity index (χ3v) is 2.23. The standard InChI is InChI=1S/C9H14N2OS/c10-5-7(12)3-6-1-2-8(11)9(13)4-6/h1-2,4,7,12-13H,3,5,10-11H2. The van der Waals surface area contributed by atoms with Crippen LogP contribution in [0.5, 0.6) is 0 Å². The molecule has 0 bridgehead atoms. The molecule has 0 aliphatic heterocycles. The summed E-state index contributed by atoms with van der Waals surface area (Å²) in [6.45, 7) is 0.270. The fourth-order valence-corrected chi connectivity index (χ4v) is 1.31. The van der Waals surface area contributed by atoms with E-state index >= 15 is 0 Å². The molecule has 0 saturated carbocycles. The van der Waals surface area contributed by atoms with Gasteiger partial charge in [0.05, 0.1) is 6.10 Å². The van der Waals surface area contributed by atoms with Crippen LogP contribution >= 0.6 is 12.6 Å². The monoisotopic (exact) mass is 198 g/mol. The van der Waals surface area contributed by atoms with Crippen molar-refractivity contribution in [2.45, 2.75) is 17.4 Å². The number of aliphatic hydroxyl groups is 1. The Balaban J connectivity index is 2.73. The van der Waals surface area contributed by atoms with Gasteiger partial charge in [-0.05, 0) is 24.1 Å². The third-order valence-electron chi connectivity index (χ3n) is 1.84. The van der Waals surface area contributed by atoms with Crippen molar-refractivity contribution in [3.8, 4) is 0 Å². The molecule has 13 heavy (non-hydrogen) atoms. The molecule has 72 valence electrons. The van der Waals surface area contributed by atoms with Crippen molar-refractivity contribution in [1.82, 2.24) is 0 Å². The second-order valence-corrected chi connectivity index (χ2v) is 3.47. The lowest BCUT2D eigenvalue weighted by Gasteiger charge is -2.08. The minimum Gasteiger partial charge on any atom is -0.398 e. The first-order valence-electron chi connectivity index (χ1n) is 4.09. The van der Waals surface area contributed by atoms with Crippen molar-refractivity contribution in [2.24, 2.45) is 5.73 Å². The molecular weight excluding hydrogens is 184 g/mol. The minimum absolute atomic E-state index is 0.270. The van der Waals surface area contributed by atoms with E-state index in [0.717, 1.165) is 10.5 Å². The van der Waals surface area contributed by atoms with Gasteiger partial charge in [0.2, 0.25) is 0 Å². The van der Waals surface area contributed by atoms with E-state index in [2.05, 4.69) is 12.6 Å². The molecule has 0 aromatic heterocycles. The lowest BCUT2D eigenvalue weighted by atomic mass is 10.1. The summed E-state index contributed by atoms with van der Waals surface area (Å²) in [5, 5.41) is 9.29. The Labute approximate surface area is 83.2 Å². The summed E-state index contributed by atoms with van der Waals surface area (Å²) in [5.74, 6) is 0. The van der Waals surface area contributed by atoms with Crippen LogP contribution in [0.15, 0.2) is 23.1 Å². The highest BCUT2D eigenvalue weighted by molar-refractivity contribution is 7.80. The molecule has 3 nitrogen and oxygen atoms in total. The number of thiol groups is 1. The lowest BCUT2D eigenvalue weighted by Crippen LogP contribution is -2.21. The number of anilines is 1. The quantitative estimate of drug-likeness (QED) is 0.420. The van der Waals surface area contributed by atoms with Gasteiger partial charge in [-0.15, -0.1) is 12.6 Å². The summed E-state index contributed by atoms with van der Waals surface area (Å²) in [6.07, 6.45) is 0.0565. The van der Waals surface area contributed by atoms with E-state index in [1.807, 2.05) is 12.1 Å². The summed E-state index contributed by atoms with van der Waals surface area (Å²) in [6, 6.07) is 5.49. The van der Waals surface area contributed by atoms with Crippen LogP contribution in [0.2, 0.25) is 0 Å². The zero-order valence-electron chi connectivity index (χ0n) is 7.27. The number of rotatable bonds is 3. The van der Waals surface area contributed by atoms with E-state index in [1.165, 1.54) is 0 Å². The molecule has 0 aliphatic rings. The highest BCUT2D eigenvalue weighted by atomic mass is 32.1. The van der Waals surface area contributed by atoms with Gasteiger partial charge < -0.3 is 16.6 Å². The van der Waals surface area contributed by atoms with Crippen LogP contribution in [0.1, 0.15) is 5.56 Å². The lowest BCUT2D eigenvalue weighted by molar-refractivity contribution is 0.183. The summed E-state index contributed by atoms with van der Waals surface area (Å²) in [5.41, 5.74) is 12.5. The van der Waals surface area contributed by atoms with Gasteiger partial charge in [-0.3, -0.25) is 0 Å². The molecule has 5 N–H and O–H groups in total. The molecule has 0 amide bonds. The molecule has 1 unspecified atom stereocenters. The minimum atomic E-state index is -0.489. The van der Waals surface area contributed by atoms with Gasteiger partial charge in [0.15, 0.2) is 0 Å². The molecule has 0 radical (unpaired) electrons. The Morgan fingerprint density at radius 3 is 2.69 bits per heavy atom. The molecule has 0 spiro atoms. The molecule has 0 fully saturated rings. The number of nitrogen functional groups attached to an aromatic ring is 1. The first-order chi connectivity index (χ1) is 6.13. The Bertz CT molecular complexity index is 291. The van der Waals surface area contributed by atoms with Gasteiger partial charge in [0.25, 0.3) is 0 Å². The van der Waals surface area contributed by atoms with E-state index < -0.39 is 6.10 Å². The molecule has 1 rings (SSSR count). The van der Waals surface area contributed by atoms with Crippen LogP contribution < -0.4 is 11.5 Å². The number of nitrogens with two attached hydrogens (primary N) is 2. The zero-order valence-corrected chi connectivity index (χ0v) is 8.17. The van der Waals surface area contributed by atoms with Crippen LogP contribution in [-0.4, -0.2) is 17.8 Å². The predicted molar refractivity (Wildman–Crippen MR) is 56.9 cm³/mol. The molecule has 0 aliphatic carbocycles. The van der Waals surface area contributed by atoms with Crippen LogP contribution in [0, 0.1) is 0 Å². The normalized spacial score (nSPS) is 12.8. The SMILES string of the molecule is NCC(O)Cc1ccc(N)c(S)c1. The number of aliphatic hydroxyl groups excluding tert-OH is 1. The van der Waals surface area contributed by atoms with E-state index in [0.29, 0.717) is 12.1 Å². The van der Waals surface area contributed by atoms with Crippen molar-refractivity contribution in [3.05, 3.63) is 23.8 Å². The average molecular weight is 198 g/mol. The Kier molecular flexibility index (Phi) is 3.59. The van der Waals surface area contributed by atoms with E-state index in [1.54, 1.807) is 6.07 Å². The van der Waals surface area contributed by atoms with Crippen LogP contribution in [0.25, 0.3) is 0 Å². The van der Waals surface area contributed by atoms with Crippen LogP contribution in [0.4, 0.5) is 5.69 Å². The second-order valence-electron chi connectivity index (χ2n) is 2.99. The van der Waals surface area contributed by atoms with Crippen molar-refractivity contribution in [3.63, 3.8) is 0 Å². The number of hydrogen-bond donors (Lipinski definition) is 4. The Morgan fingerprint density at radius 1 is 1.46 bits per heavy atom. The summed E-state index contributed by atoms with van der Waals surface area (Å²) >= 11 is 4.18. The number of hydrogen-bond acceptors (Lipinski definition) is 4. The molecule has 0 heterocycles. The fraction of sp³-hybridized carbons (Fsp3) is 0.333.